The van der Waals surface area contributed by atoms with Gasteiger partial charge in [-0.2, -0.15) is 0 Å². The summed E-state index contributed by atoms with van der Waals surface area (Å²) in [6.07, 6.45) is 3.52. The van der Waals surface area contributed by atoms with Gasteiger partial charge in [0.15, 0.2) is 0 Å². The second-order valence-electron chi connectivity index (χ2n) is 7.07. The average Bonchev–Trinajstić information content (AvgIpc) is 2.89. The number of hydrogen-bond donors (Lipinski definition) is 2. The topological polar surface area (TPSA) is 82.1 Å². The first-order chi connectivity index (χ1) is 12.9. The van der Waals surface area contributed by atoms with Gasteiger partial charge in [-0.15, -0.1) is 0 Å². The number of likely N-dealkylation sites (N-methyl/N-ethyl adjacent to an activating group) is 1. The number of carbonyl (C=O) groups excluding carboxylic acids is 1. The van der Waals surface area contributed by atoms with Gasteiger partial charge in [0.2, 0.25) is 5.91 Å². The Labute approximate surface area is 161 Å². The van der Waals surface area contributed by atoms with Gasteiger partial charge in [0.1, 0.15) is 5.75 Å². The zero-order valence-corrected chi connectivity index (χ0v) is 16.5. The Balaban J connectivity index is 1.95. The van der Waals surface area contributed by atoms with E-state index in [2.05, 4.69) is 10.2 Å². The highest BCUT2D eigenvalue weighted by molar-refractivity contribution is 5.94. The van der Waals surface area contributed by atoms with Crippen molar-refractivity contribution < 1.29 is 19.4 Å². The maximum Gasteiger partial charge on any atom is 0.317 e. The van der Waals surface area contributed by atoms with E-state index < -0.39 is 5.97 Å². The Morgan fingerprint density at radius 3 is 2.59 bits per heavy atom. The van der Waals surface area contributed by atoms with Crippen LogP contribution in [0.2, 0.25) is 0 Å². The number of rotatable bonds is 8. The molecule has 27 heavy (non-hydrogen) atoms. The number of methoxy groups -OCH3 is 1. The van der Waals surface area contributed by atoms with Crippen molar-refractivity contribution in [1.82, 2.24) is 9.80 Å². The van der Waals surface area contributed by atoms with E-state index in [0.29, 0.717) is 0 Å². The molecule has 1 heterocycles. The Hall–Kier alpha value is -2.12. The van der Waals surface area contributed by atoms with E-state index >= 15 is 0 Å². The number of amides is 1. The minimum Gasteiger partial charge on any atom is -0.497 e. The van der Waals surface area contributed by atoms with Gasteiger partial charge >= 0.3 is 5.97 Å². The first kappa shape index (κ1) is 21.2. The van der Waals surface area contributed by atoms with Crippen molar-refractivity contribution in [2.24, 2.45) is 0 Å². The van der Waals surface area contributed by atoms with Crippen molar-refractivity contribution in [3.05, 3.63) is 24.3 Å². The van der Waals surface area contributed by atoms with Gasteiger partial charge in [-0.1, -0.05) is 6.92 Å². The number of ether oxygens (including phenoxy) is 1. The summed E-state index contributed by atoms with van der Waals surface area (Å²) in [5.74, 6) is -0.0482. The van der Waals surface area contributed by atoms with Crippen LogP contribution >= 0.6 is 0 Å². The largest absolute Gasteiger partial charge is 0.497 e. The zero-order chi connectivity index (χ0) is 19.8. The minimum atomic E-state index is -0.802. The number of aliphatic carboxylic acids is 1. The van der Waals surface area contributed by atoms with Crippen LogP contribution in [0.5, 0.6) is 5.75 Å². The molecule has 1 amide bonds. The van der Waals surface area contributed by atoms with Crippen LogP contribution in [0.1, 0.15) is 32.6 Å². The van der Waals surface area contributed by atoms with Crippen LogP contribution < -0.4 is 10.1 Å². The highest BCUT2D eigenvalue weighted by Gasteiger charge is 2.28. The standard InChI is InChI=1S/C20H31N3O4/c1-4-18(20(26)21-15-7-9-17(27-3)10-8-15)23-12-5-6-16(11-13-23)22(2)14-19(24)25/h7-10,16,18H,4-6,11-14H2,1-3H3,(H,21,26)(H,24,25). The first-order valence-corrected chi connectivity index (χ1v) is 9.55. The van der Waals surface area contributed by atoms with Crippen LogP contribution in [0, 0.1) is 0 Å². The lowest BCUT2D eigenvalue weighted by Gasteiger charge is -2.29. The van der Waals surface area contributed by atoms with Crippen LogP contribution in [0.4, 0.5) is 5.69 Å². The lowest BCUT2D eigenvalue weighted by molar-refractivity contribution is -0.138. The fourth-order valence-corrected chi connectivity index (χ4v) is 3.71. The number of benzene rings is 1. The number of carboxylic acid groups (broad SMARTS) is 1. The van der Waals surface area contributed by atoms with E-state index in [1.807, 2.05) is 43.1 Å². The number of carbonyl (C=O) groups is 2. The molecule has 0 bridgehead atoms. The zero-order valence-electron chi connectivity index (χ0n) is 16.5. The molecule has 1 saturated heterocycles. The third-order valence-corrected chi connectivity index (χ3v) is 5.23. The molecule has 2 unspecified atom stereocenters. The van der Waals surface area contributed by atoms with Gasteiger partial charge in [-0.3, -0.25) is 19.4 Å². The molecule has 0 aromatic heterocycles. The Bertz CT molecular complexity index is 620. The molecular weight excluding hydrogens is 346 g/mol. The Kier molecular flexibility index (Phi) is 8.06. The molecule has 2 N–H and O–H groups in total. The van der Waals surface area contributed by atoms with Gasteiger partial charge in [-0.05, 0) is 63.5 Å². The molecule has 1 aromatic rings. The molecule has 1 aliphatic rings. The molecule has 0 spiro atoms. The number of nitrogens with zero attached hydrogens (tertiary/aromatic N) is 2. The molecule has 2 rings (SSSR count). The van der Waals surface area contributed by atoms with Gasteiger partial charge in [0.25, 0.3) is 0 Å². The van der Waals surface area contributed by atoms with E-state index in [-0.39, 0.29) is 24.5 Å². The van der Waals surface area contributed by atoms with E-state index in [1.54, 1.807) is 7.11 Å². The molecule has 1 aromatic carbocycles. The van der Waals surface area contributed by atoms with Crippen LogP contribution in [0.3, 0.4) is 0 Å². The van der Waals surface area contributed by atoms with Crippen molar-refractivity contribution in [2.45, 2.75) is 44.7 Å². The summed E-state index contributed by atoms with van der Waals surface area (Å²) in [6, 6.07) is 7.38. The second-order valence-corrected chi connectivity index (χ2v) is 7.07. The first-order valence-electron chi connectivity index (χ1n) is 9.55. The summed E-state index contributed by atoms with van der Waals surface area (Å²) in [7, 11) is 3.48. The van der Waals surface area contributed by atoms with E-state index in [9.17, 15) is 9.59 Å². The summed E-state index contributed by atoms with van der Waals surface area (Å²) in [6.45, 7) is 3.73. The smallest absolute Gasteiger partial charge is 0.317 e. The minimum absolute atomic E-state index is 0.00000685. The Morgan fingerprint density at radius 1 is 1.30 bits per heavy atom. The van der Waals surface area contributed by atoms with Crippen LogP contribution in [0.15, 0.2) is 24.3 Å². The molecule has 7 nitrogen and oxygen atoms in total. The maximum atomic E-state index is 12.8. The lowest BCUT2D eigenvalue weighted by Crippen LogP contribution is -2.44. The maximum absolute atomic E-state index is 12.8. The molecule has 7 heteroatoms. The molecular formula is C20H31N3O4. The van der Waals surface area contributed by atoms with Crippen LogP contribution in [0.25, 0.3) is 0 Å². The highest BCUT2D eigenvalue weighted by atomic mass is 16.5. The summed E-state index contributed by atoms with van der Waals surface area (Å²) < 4.78 is 5.14. The van der Waals surface area contributed by atoms with Gasteiger partial charge < -0.3 is 15.2 Å². The van der Waals surface area contributed by atoms with Gasteiger partial charge in [0, 0.05) is 18.3 Å². The predicted molar refractivity (Wildman–Crippen MR) is 105 cm³/mol. The molecule has 1 fully saturated rings. The van der Waals surface area contributed by atoms with E-state index in [1.165, 1.54) is 0 Å². The molecule has 1 aliphatic heterocycles. The third-order valence-electron chi connectivity index (χ3n) is 5.23. The van der Waals surface area contributed by atoms with Gasteiger partial charge in [-0.25, -0.2) is 0 Å². The quantitative estimate of drug-likeness (QED) is 0.723. The molecule has 0 radical (unpaired) electrons. The lowest BCUT2D eigenvalue weighted by atomic mass is 10.1. The number of hydrogen-bond acceptors (Lipinski definition) is 5. The summed E-state index contributed by atoms with van der Waals surface area (Å²) in [4.78, 5) is 27.9. The fraction of sp³-hybridized carbons (Fsp3) is 0.600. The van der Waals surface area contributed by atoms with Crippen molar-refractivity contribution in [2.75, 3.05) is 39.1 Å². The average molecular weight is 377 g/mol. The fourth-order valence-electron chi connectivity index (χ4n) is 3.71. The van der Waals surface area contributed by atoms with Crippen molar-refractivity contribution >= 4 is 17.6 Å². The molecule has 150 valence electrons. The molecule has 2 atom stereocenters. The van der Waals surface area contributed by atoms with Crippen molar-refractivity contribution in [1.29, 1.82) is 0 Å². The summed E-state index contributed by atoms with van der Waals surface area (Å²) >= 11 is 0. The van der Waals surface area contributed by atoms with Crippen molar-refractivity contribution in [3.63, 3.8) is 0 Å². The second kappa shape index (κ2) is 10.3. The normalized spacial score (nSPS) is 19.3. The van der Waals surface area contributed by atoms with E-state index in [4.69, 9.17) is 9.84 Å². The predicted octanol–water partition coefficient (Wildman–Crippen LogP) is 2.28. The van der Waals surface area contributed by atoms with Crippen LogP contribution in [-0.4, -0.2) is 72.7 Å². The van der Waals surface area contributed by atoms with E-state index in [0.717, 1.165) is 50.2 Å². The number of carboxylic acids is 1. The van der Waals surface area contributed by atoms with Crippen LogP contribution in [-0.2, 0) is 9.59 Å². The third kappa shape index (κ3) is 6.22. The van der Waals surface area contributed by atoms with Crippen molar-refractivity contribution in [3.8, 4) is 5.75 Å². The number of anilines is 1. The summed E-state index contributed by atoms with van der Waals surface area (Å²) in [5.41, 5.74) is 0.758. The highest BCUT2D eigenvalue weighted by Crippen LogP contribution is 2.20. The van der Waals surface area contributed by atoms with Gasteiger partial charge in [0.05, 0.1) is 19.7 Å². The Morgan fingerprint density at radius 2 is 2.00 bits per heavy atom. The number of likely N-dealkylation sites (tertiary alicyclic amines) is 1. The monoisotopic (exact) mass is 377 g/mol. The molecule has 0 saturated carbocycles. The molecule has 0 aliphatic carbocycles. The number of nitrogens with one attached hydrogen (secondary N) is 1. The SMILES string of the molecule is CCC(C(=O)Nc1ccc(OC)cc1)N1CCCC(N(C)CC(=O)O)CC1. The summed E-state index contributed by atoms with van der Waals surface area (Å²) in [5, 5.41) is 12.0.